The Balaban J connectivity index is 2.08. The van der Waals surface area contributed by atoms with Crippen LogP contribution in [-0.2, 0) is 6.54 Å². The summed E-state index contributed by atoms with van der Waals surface area (Å²) < 4.78 is 0. The fourth-order valence-corrected chi connectivity index (χ4v) is 2.59. The van der Waals surface area contributed by atoms with E-state index in [9.17, 15) is 0 Å². The molecule has 0 fully saturated rings. The Bertz CT molecular complexity index is 537. The first kappa shape index (κ1) is 12.7. The van der Waals surface area contributed by atoms with E-state index in [1.165, 1.54) is 15.3 Å². The van der Waals surface area contributed by atoms with Gasteiger partial charge in [-0.2, -0.15) is 0 Å². The largest absolute Gasteiger partial charge is 0.380 e. The Labute approximate surface area is 112 Å². The molecule has 18 heavy (non-hydrogen) atoms. The standard InChI is InChI=1S/C16H17NS/c1-3-7-16(14-8-5-4-6-9-14)17-12-15-11-10-13(2)18-15/h3-11,17H,1,12H2,2H3/b16-7-. The molecule has 0 saturated heterocycles. The van der Waals surface area contributed by atoms with Crippen LogP contribution in [0.4, 0.5) is 0 Å². The monoisotopic (exact) mass is 255 g/mol. The molecule has 0 aliphatic carbocycles. The van der Waals surface area contributed by atoms with Crippen molar-refractivity contribution in [2.24, 2.45) is 0 Å². The molecular formula is C16H17NS. The average Bonchev–Trinajstić information content (AvgIpc) is 2.81. The highest BCUT2D eigenvalue weighted by atomic mass is 32.1. The smallest absolute Gasteiger partial charge is 0.0494 e. The summed E-state index contributed by atoms with van der Waals surface area (Å²) in [5.74, 6) is 0. The van der Waals surface area contributed by atoms with Crippen molar-refractivity contribution in [1.82, 2.24) is 5.32 Å². The third kappa shape index (κ3) is 3.34. The molecule has 1 nitrogen and oxygen atoms in total. The van der Waals surface area contributed by atoms with Crippen LogP contribution < -0.4 is 5.32 Å². The first-order valence-corrected chi connectivity index (χ1v) is 6.78. The van der Waals surface area contributed by atoms with Gasteiger partial charge < -0.3 is 5.32 Å². The second-order valence-electron chi connectivity index (χ2n) is 4.05. The number of rotatable bonds is 5. The molecule has 92 valence electrons. The van der Waals surface area contributed by atoms with Gasteiger partial charge in [0.2, 0.25) is 0 Å². The molecule has 0 aliphatic rings. The normalized spacial score (nSPS) is 11.3. The molecule has 1 heterocycles. The van der Waals surface area contributed by atoms with Crippen LogP contribution in [0.25, 0.3) is 5.70 Å². The second kappa shape index (κ2) is 6.22. The molecule has 0 saturated carbocycles. The molecule has 1 aromatic carbocycles. The fourth-order valence-electron chi connectivity index (χ4n) is 1.76. The third-order valence-electron chi connectivity index (χ3n) is 2.62. The number of hydrogen-bond acceptors (Lipinski definition) is 2. The minimum absolute atomic E-state index is 0.854. The van der Waals surface area contributed by atoms with E-state index in [4.69, 9.17) is 0 Å². The molecule has 0 aliphatic heterocycles. The highest BCUT2D eigenvalue weighted by Gasteiger charge is 2.01. The van der Waals surface area contributed by atoms with E-state index in [2.05, 4.69) is 43.1 Å². The van der Waals surface area contributed by atoms with Gasteiger partial charge in [0.1, 0.15) is 0 Å². The molecule has 0 amide bonds. The van der Waals surface area contributed by atoms with Gasteiger partial charge in [-0.3, -0.25) is 0 Å². The number of thiophene rings is 1. The van der Waals surface area contributed by atoms with E-state index >= 15 is 0 Å². The zero-order valence-corrected chi connectivity index (χ0v) is 11.3. The summed E-state index contributed by atoms with van der Waals surface area (Å²) in [4.78, 5) is 2.69. The number of hydrogen-bond donors (Lipinski definition) is 1. The Morgan fingerprint density at radius 2 is 2.00 bits per heavy atom. The lowest BCUT2D eigenvalue weighted by Crippen LogP contribution is -2.10. The van der Waals surface area contributed by atoms with E-state index in [0.717, 1.165) is 12.2 Å². The first-order valence-electron chi connectivity index (χ1n) is 5.97. The predicted octanol–water partition coefficient (Wildman–Crippen LogP) is 4.37. The number of nitrogens with one attached hydrogen (secondary N) is 1. The van der Waals surface area contributed by atoms with E-state index in [0.29, 0.717) is 0 Å². The van der Waals surface area contributed by atoms with Crippen molar-refractivity contribution in [2.45, 2.75) is 13.5 Å². The van der Waals surface area contributed by atoms with Crippen LogP contribution in [0.3, 0.4) is 0 Å². The van der Waals surface area contributed by atoms with Crippen molar-refractivity contribution < 1.29 is 0 Å². The lowest BCUT2D eigenvalue weighted by molar-refractivity contribution is 0.907. The minimum atomic E-state index is 0.854. The van der Waals surface area contributed by atoms with Crippen LogP contribution in [0.15, 0.2) is 61.2 Å². The summed E-state index contributed by atoms with van der Waals surface area (Å²) in [6, 6.07) is 14.6. The van der Waals surface area contributed by atoms with E-state index in [1.807, 2.05) is 41.7 Å². The summed E-state index contributed by atoms with van der Waals surface area (Å²) in [5.41, 5.74) is 2.29. The molecule has 0 atom stereocenters. The number of benzene rings is 1. The highest BCUT2D eigenvalue weighted by Crippen LogP contribution is 2.17. The van der Waals surface area contributed by atoms with Crippen LogP contribution in [0.1, 0.15) is 15.3 Å². The average molecular weight is 255 g/mol. The molecule has 0 spiro atoms. The molecule has 0 radical (unpaired) electrons. The van der Waals surface area contributed by atoms with Crippen LogP contribution >= 0.6 is 11.3 Å². The van der Waals surface area contributed by atoms with Crippen molar-refractivity contribution in [3.8, 4) is 0 Å². The molecule has 2 aromatic rings. The van der Waals surface area contributed by atoms with Gasteiger partial charge in [-0.05, 0) is 30.7 Å². The van der Waals surface area contributed by atoms with Crippen LogP contribution in [0.2, 0.25) is 0 Å². The Morgan fingerprint density at radius 3 is 2.61 bits per heavy atom. The van der Waals surface area contributed by atoms with Gasteiger partial charge in [-0.1, -0.05) is 43.0 Å². The van der Waals surface area contributed by atoms with Crippen molar-refractivity contribution in [2.75, 3.05) is 0 Å². The Morgan fingerprint density at radius 1 is 1.22 bits per heavy atom. The van der Waals surface area contributed by atoms with Gasteiger partial charge in [0.25, 0.3) is 0 Å². The summed E-state index contributed by atoms with van der Waals surface area (Å²) in [6.07, 6.45) is 3.82. The van der Waals surface area contributed by atoms with Crippen molar-refractivity contribution >= 4 is 17.0 Å². The van der Waals surface area contributed by atoms with Crippen LogP contribution in [0.5, 0.6) is 0 Å². The predicted molar refractivity (Wildman–Crippen MR) is 80.5 cm³/mol. The maximum atomic E-state index is 3.77. The van der Waals surface area contributed by atoms with Gasteiger partial charge in [-0.15, -0.1) is 11.3 Å². The van der Waals surface area contributed by atoms with E-state index in [-0.39, 0.29) is 0 Å². The Hall–Kier alpha value is -1.80. The molecule has 0 unspecified atom stereocenters. The first-order chi connectivity index (χ1) is 8.79. The zero-order chi connectivity index (χ0) is 12.8. The molecule has 2 rings (SSSR count). The minimum Gasteiger partial charge on any atom is -0.380 e. The van der Waals surface area contributed by atoms with E-state index < -0.39 is 0 Å². The Kier molecular flexibility index (Phi) is 4.37. The third-order valence-corrected chi connectivity index (χ3v) is 3.62. The van der Waals surface area contributed by atoms with Gasteiger partial charge in [0.05, 0.1) is 0 Å². The van der Waals surface area contributed by atoms with Gasteiger partial charge in [0, 0.05) is 22.0 Å². The molecule has 1 aromatic heterocycles. The zero-order valence-electron chi connectivity index (χ0n) is 10.5. The summed E-state index contributed by atoms with van der Waals surface area (Å²) in [5, 5.41) is 3.47. The lowest BCUT2D eigenvalue weighted by atomic mass is 10.1. The molecule has 0 bridgehead atoms. The highest BCUT2D eigenvalue weighted by molar-refractivity contribution is 7.11. The molecule has 2 heteroatoms. The summed E-state index contributed by atoms with van der Waals surface area (Å²) in [7, 11) is 0. The maximum Gasteiger partial charge on any atom is 0.0494 e. The van der Waals surface area contributed by atoms with Crippen molar-refractivity contribution in [3.05, 3.63) is 76.5 Å². The SMILES string of the molecule is C=C/C=C(\NCc1ccc(C)s1)c1ccccc1. The topological polar surface area (TPSA) is 12.0 Å². The van der Waals surface area contributed by atoms with Crippen LogP contribution in [-0.4, -0.2) is 0 Å². The van der Waals surface area contributed by atoms with Gasteiger partial charge >= 0.3 is 0 Å². The molecular weight excluding hydrogens is 238 g/mol. The number of aryl methyl sites for hydroxylation is 1. The van der Waals surface area contributed by atoms with E-state index in [1.54, 1.807) is 0 Å². The van der Waals surface area contributed by atoms with Gasteiger partial charge in [-0.25, -0.2) is 0 Å². The lowest BCUT2D eigenvalue weighted by Gasteiger charge is -2.09. The van der Waals surface area contributed by atoms with Crippen molar-refractivity contribution in [1.29, 1.82) is 0 Å². The van der Waals surface area contributed by atoms with Crippen molar-refractivity contribution in [3.63, 3.8) is 0 Å². The maximum absolute atomic E-state index is 3.77. The summed E-state index contributed by atoms with van der Waals surface area (Å²) >= 11 is 1.83. The van der Waals surface area contributed by atoms with Crippen LogP contribution in [0, 0.1) is 6.92 Å². The molecule has 1 N–H and O–H groups in total. The fraction of sp³-hybridized carbons (Fsp3) is 0.125. The number of allylic oxidation sites excluding steroid dienone is 2. The summed E-state index contributed by atoms with van der Waals surface area (Å²) in [6.45, 7) is 6.76. The van der Waals surface area contributed by atoms with Gasteiger partial charge in [0.15, 0.2) is 0 Å². The quantitative estimate of drug-likeness (QED) is 0.782. The second-order valence-corrected chi connectivity index (χ2v) is 5.42.